The van der Waals surface area contributed by atoms with Crippen LogP contribution in [0.5, 0.6) is 0 Å². The molecule has 0 atom stereocenters. The van der Waals surface area contributed by atoms with Crippen LogP contribution < -0.4 is 11.1 Å². The molecule has 1 fully saturated rings. The van der Waals surface area contributed by atoms with Crippen LogP contribution in [0.3, 0.4) is 0 Å². The van der Waals surface area contributed by atoms with Gasteiger partial charge >= 0.3 is 0 Å². The van der Waals surface area contributed by atoms with Gasteiger partial charge in [-0.1, -0.05) is 0 Å². The molecule has 0 bridgehead atoms. The number of aromatic amines is 1. The summed E-state index contributed by atoms with van der Waals surface area (Å²) >= 11 is 0. The number of hydrogen-bond acceptors (Lipinski definition) is 5. The topological polar surface area (TPSA) is 115 Å². The molecule has 160 valence electrons. The first-order valence-corrected chi connectivity index (χ1v) is 10.4. The van der Waals surface area contributed by atoms with Gasteiger partial charge in [0.05, 0.1) is 17.3 Å². The number of nitrogens with two attached hydrogens (primary N) is 1. The van der Waals surface area contributed by atoms with E-state index >= 15 is 0 Å². The molecule has 1 aliphatic rings. The second-order valence-electron chi connectivity index (χ2n) is 8.64. The Morgan fingerprint density at radius 2 is 2.13 bits per heavy atom. The van der Waals surface area contributed by atoms with E-state index in [1.165, 1.54) is 12.1 Å². The highest BCUT2D eigenvalue weighted by Gasteiger charge is 2.32. The summed E-state index contributed by atoms with van der Waals surface area (Å²) in [5.41, 5.74) is 8.93. The summed E-state index contributed by atoms with van der Waals surface area (Å²) in [6, 6.07) is 4.71. The zero-order valence-electron chi connectivity index (χ0n) is 17.4. The van der Waals surface area contributed by atoms with Crippen molar-refractivity contribution in [3.63, 3.8) is 0 Å². The molecule has 1 saturated carbocycles. The van der Waals surface area contributed by atoms with Gasteiger partial charge in [-0.05, 0) is 50.8 Å². The lowest BCUT2D eigenvalue weighted by Gasteiger charge is -2.36. The molecule has 0 saturated heterocycles. The van der Waals surface area contributed by atoms with Crippen molar-refractivity contribution in [3.05, 3.63) is 42.0 Å². The zero-order chi connectivity index (χ0) is 21.8. The average molecular weight is 421 g/mol. The number of rotatable bonds is 3. The van der Waals surface area contributed by atoms with Crippen LogP contribution in [0, 0.1) is 5.82 Å². The van der Waals surface area contributed by atoms with Crippen molar-refractivity contribution in [2.24, 2.45) is 12.8 Å². The first-order chi connectivity index (χ1) is 14.8. The quantitative estimate of drug-likeness (QED) is 0.470. The Balaban J connectivity index is 1.51. The summed E-state index contributed by atoms with van der Waals surface area (Å²) in [6.07, 6.45) is 6.71. The largest absolute Gasteiger partial charge is 0.347 e. The number of H-pyrrole nitrogens is 1. The number of halogens is 1. The third kappa shape index (κ3) is 3.44. The lowest BCUT2D eigenvalue weighted by molar-refractivity contribution is 0.0879. The van der Waals surface area contributed by atoms with E-state index in [9.17, 15) is 9.18 Å². The van der Waals surface area contributed by atoms with E-state index < -0.39 is 0 Å². The van der Waals surface area contributed by atoms with Crippen LogP contribution in [-0.4, -0.2) is 42.2 Å². The first kappa shape index (κ1) is 19.6. The predicted molar refractivity (Wildman–Crippen MR) is 116 cm³/mol. The van der Waals surface area contributed by atoms with Gasteiger partial charge in [0.15, 0.2) is 5.65 Å². The van der Waals surface area contributed by atoms with Gasteiger partial charge in [-0.25, -0.2) is 14.4 Å². The molecule has 31 heavy (non-hydrogen) atoms. The number of fused-ring (bicyclic) bond motifs is 2. The zero-order valence-corrected chi connectivity index (χ0v) is 17.4. The summed E-state index contributed by atoms with van der Waals surface area (Å²) in [6.45, 7) is 2.06. The summed E-state index contributed by atoms with van der Waals surface area (Å²) in [5, 5.41) is 8.44. The van der Waals surface area contributed by atoms with E-state index in [1.54, 1.807) is 30.2 Å². The van der Waals surface area contributed by atoms with Crippen LogP contribution in [0.25, 0.3) is 33.5 Å². The number of nitrogens with zero attached hydrogens (tertiary/aromatic N) is 4. The highest BCUT2D eigenvalue weighted by molar-refractivity contribution is 6.05. The minimum absolute atomic E-state index is 0.191. The molecule has 9 heteroatoms. The van der Waals surface area contributed by atoms with Gasteiger partial charge in [-0.15, -0.1) is 0 Å². The van der Waals surface area contributed by atoms with Gasteiger partial charge in [0.2, 0.25) is 0 Å². The molecule has 1 amide bonds. The van der Waals surface area contributed by atoms with Crippen LogP contribution in [0.2, 0.25) is 0 Å². The van der Waals surface area contributed by atoms with Crippen LogP contribution >= 0.6 is 0 Å². The normalized spacial score (nSPS) is 21.6. The second kappa shape index (κ2) is 7.12. The Kier molecular flexibility index (Phi) is 4.51. The molecular weight excluding hydrogens is 397 g/mol. The van der Waals surface area contributed by atoms with Crippen molar-refractivity contribution >= 4 is 28.0 Å². The van der Waals surface area contributed by atoms with Crippen LogP contribution in [0.15, 0.2) is 30.6 Å². The molecule has 3 aromatic heterocycles. The van der Waals surface area contributed by atoms with Gasteiger partial charge in [0.25, 0.3) is 5.91 Å². The summed E-state index contributed by atoms with van der Waals surface area (Å²) in [5.74, 6) is -0.519. The van der Waals surface area contributed by atoms with Crippen molar-refractivity contribution in [2.45, 2.75) is 44.2 Å². The van der Waals surface area contributed by atoms with Crippen molar-refractivity contribution < 1.29 is 9.18 Å². The number of nitrogens with one attached hydrogen (secondary N) is 2. The van der Waals surface area contributed by atoms with E-state index in [-0.39, 0.29) is 23.3 Å². The number of amides is 1. The van der Waals surface area contributed by atoms with E-state index in [0.717, 1.165) is 31.1 Å². The molecule has 4 aromatic rings. The Morgan fingerprint density at radius 3 is 2.90 bits per heavy atom. The minimum atomic E-state index is -0.328. The summed E-state index contributed by atoms with van der Waals surface area (Å²) < 4.78 is 15.3. The van der Waals surface area contributed by atoms with Crippen LogP contribution in [-0.2, 0) is 7.05 Å². The molecule has 3 heterocycles. The van der Waals surface area contributed by atoms with Crippen LogP contribution in [0.1, 0.15) is 43.0 Å². The molecule has 0 radical (unpaired) electrons. The van der Waals surface area contributed by atoms with Gasteiger partial charge in [-0.3, -0.25) is 9.48 Å². The maximum Gasteiger partial charge on any atom is 0.255 e. The van der Waals surface area contributed by atoms with Gasteiger partial charge < -0.3 is 16.0 Å². The maximum atomic E-state index is 13.7. The molecule has 0 spiro atoms. The van der Waals surface area contributed by atoms with Gasteiger partial charge in [0, 0.05) is 30.2 Å². The highest BCUT2D eigenvalue weighted by Crippen LogP contribution is 2.30. The smallest absolute Gasteiger partial charge is 0.255 e. The molecule has 1 aromatic carbocycles. The van der Waals surface area contributed by atoms with Crippen molar-refractivity contribution in [2.75, 3.05) is 0 Å². The molecule has 0 aliphatic heterocycles. The fourth-order valence-electron chi connectivity index (χ4n) is 4.34. The summed E-state index contributed by atoms with van der Waals surface area (Å²) in [7, 11) is 1.75. The highest BCUT2D eigenvalue weighted by atomic mass is 19.1. The predicted octanol–water partition coefficient (Wildman–Crippen LogP) is 3.04. The number of benzene rings is 1. The molecule has 0 unspecified atom stereocenters. The molecule has 4 N–H and O–H groups in total. The Bertz CT molecular complexity index is 1300. The minimum Gasteiger partial charge on any atom is -0.347 e. The second-order valence-corrected chi connectivity index (χ2v) is 8.64. The third-order valence-electron chi connectivity index (χ3n) is 6.23. The number of carbonyl (C=O) groups is 1. The molecule has 1 aliphatic carbocycles. The van der Waals surface area contributed by atoms with Crippen molar-refractivity contribution in [1.29, 1.82) is 0 Å². The van der Waals surface area contributed by atoms with Crippen LogP contribution in [0.4, 0.5) is 4.39 Å². The first-order valence-electron chi connectivity index (χ1n) is 10.4. The number of aromatic nitrogens is 5. The number of carbonyl (C=O) groups excluding carboxylic acids is 1. The Labute approximate surface area is 178 Å². The lowest BCUT2D eigenvalue weighted by atomic mass is 9.81. The number of aryl methyl sites for hydroxylation is 1. The van der Waals surface area contributed by atoms with E-state index in [2.05, 4.69) is 27.3 Å². The van der Waals surface area contributed by atoms with E-state index in [4.69, 9.17) is 10.7 Å². The van der Waals surface area contributed by atoms with Crippen molar-refractivity contribution in [1.82, 2.24) is 30.0 Å². The third-order valence-corrected chi connectivity index (χ3v) is 6.23. The fraction of sp³-hybridized carbons (Fsp3) is 0.364. The fourth-order valence-corrected chi connectivity index (χ4v) is 4.34. The summed E-state index contributed by atoms with van der Waals surface area (Å²) in [4.78, 5) is 25.2. The Hall–Kier alpha value is -3.33. The Morgan fingerprint density at radius 1 is 1.35 bits per heavy atom. The van der Waals surface area contributed by atoms with Gasteiger partial charge in [0.1, 0.15) is 22.7 Å². The van der Waals surface area contributed by atoms with E-state index in [0.29, 0.717) is 33.6 Å². The monoisotopic (exact) mass is 421 g/mol. The number of hydrogen-bond donors (Lipinski definition) is 3. The van der Waals surface area contributed by atoms with E-state index in [1.807, 2.05) is 0 Å². The molecule has 8 nitrogen and oxygen atoms in total. The maximum absolute atomic E-state index is 13.7. The SMILES string of the molecule is Cn1nc(-c2cnc3[nH]cc(C(=O)N[C@]4(C)CC[C@@H](N)CC4)c3n2)c2ccc(F)cc21. The molecular formula is C22H24FN7O. The average Bonchev–Trinajstić information content (AvgIpc) is 3.31. The standard InChI is InChI=1S/C22H24FN7O/c1-22(7-5-13(24)6-8-22)28-21(31)15-10-25-20-19(15)27-16(11-26-20)18-14-4-3-12(23)9-17(14)30(2)29-18/h3-4,9-11,13H,5-8,24H2,1-2H3,(H,25,26)(H,28,31)/t13-,22-. The molecule has 5 rings (SSSR count). The lowest BCUT2D eigenvalue weighted by Crippen LogP contribution is -2.50. The van der Waals surface area contributed by atoms with Crippen molar-refractivity contribution in [3.8, 4) is 11.4 Å². The van der Waals surface area contributed by atoms with Gasteiger partial charge in [-0.2, -0.15) is 5.10 Å².